The van der Waals surface area contributed by atoms with Gasteiger partial charge in [-0.25, -0.2) is 4.98 Å². The minimum absolute atomic E-state index is 0.119. The Labute approximate surface area is 143 Å². The Morgan fingerprint density at radius 1 is 1.24 bits per heavy atom. The predicted molar refractivity (Wildman–Crippen MR) is 91.6 cm³/mol. The SMILES string of the molecule is O=c1[nH]c(NCCCn2cnnc2)nc2c1Cc1ccccc1OC2. The molecule has 0 bridgehead atoms. The van der Waals surface area contributed by atoms with Gasteiger partial charge < -0.3 is 14.6 Å². The Morgan fingerprint density at radius 2 is 2.08 bits per heavy atom. The third kappa shape index (κ3) is 3.37. The van der Waals surface area contributed by atoms with E-state index < -0.39 is 0 Å². The number of ether oxygens (including phenoxy) is 1. The molecular formula is C17H18N6O2. The average Bonchev–Trinajstić information content (AvgIpc) is 3.06. The Morgan fingerprint density at radius 3 is 2.96 bits per heavy atom. The van der Waals surface area contributed by atoms with Gasteiger partial charge in [-0.2, -0.15) is 0 Å². The van der Waals surface area contributed by atoms with Gasteiger partial charge in [-0.3, -0.25) is 9.78 Å². The zero-order valence-corrected chi connectivity index (χ0v) is 13.6. The smallest absolute Gasteiger partial charge is 0.256 e. The van der Waals surface area contributed by atoms with Crippen LogP contribution in [-0.2, 0) is 19.6 Å². The number of aromatic amines is 1. The van der Waals surface area contributed by atoms with E-state index in [-0.39, 0.29) is 5.56 Å². The van der Waals surface area contributed by atoms with Crippen LogP contribution in [0.1, 0.15) is 23.2 Å². The zero-order valence-electron chi connectivity index (χ0n) is 13.6. The largest absolute Gasteiger partial charge is 0.487 e. The summed E-state index contributed by atoms with van der Waals surface area (Å²) in [4.78, 5) is 19.8. The van der Waals surface area contributed by atoms with E-state index in [1.807, 2.05) is 28.8 Å². The van der Waals surface area contributed by atoms with Gasteiger partial charge in [-0.1, -0.05) is 18.2 Å². The fourth-order valence-electron chi connectivity index (χ4n) is 2.86. The molecule has 0 saturated heterocycles. The molecule has 0 aliphatic carbocycles. The summed E-state index contributed by atoms with van der Waals surface area (Å²) in [5.41, 5.74) is 2.23. The number of H-pyrrole nitrogens is 1. The number of anilines is 1. The molecule has 4 rings (SSSR count). The molecule has 1 aromatic carbocycles. The highest BCUT2D eigenvalue weighted by Gasteiger charge is 2.18. The van der Waals surface area contributed by atoms with Gasteiger partial charge in [0.25, 0.3) is 5.56 Å². The van der Waals surface area contributed by atoms with Crippen molar-refractivity contribution >= 4 is 5.95 Å². The van der Waals surface area contributed by atoms with Crippen LogP contribution in [0.4, 0.5) is 5.95 Å². The number of para-hydroxylation sites is 1. The normalized spacial score (nSPS) is 12.6. The maximum Gasteiger partial charge on any atom is 0.256 e. The van der Waals surface area contributed by atoms with Crippen LogP contribution in [0.2, 0.25) is 0 Å². The molecule has 8 heteroatoms. The van der Waals surface area contributed by atoms with Crippen LogP contribution in [0, 0.1) is 0 Å². The molecule has 0 amide bonds. The summed E-state index contributed by atoms with van der Waals surface area (Å²) in [7, 11) is 0. The van der Waals surface area contributed by atoms with Gasteiger partial charge in [0.15, 0.2) is 0 Å². The summed E-state index contributed by atoms with van der Waals surface area (Å²) in [6.45, 7) is 1.78. The zero-order chi connectivity index (χ0) is 17.1. The highest BCUT2D eigenvalue weighted by atomic mass is 16.5. The lowest BCUT2D eigenvalue weighted by molar-refractivity contribution is 0.302. The first-order valence-corrected chi connectivity index (χ1v) is 8.18. The standard InChI is InChI=1S/C17H18N6O2/c24-16-13-8-12-4-1-2-5-15(12)25-9-14(13)21-17(22-16)18-6-3-7-23-10-19-20-11-23/h1-2,4-5,10-11H,3,6-9H2,(H2,18,21,22,24). The first kappa shape index (κ1) is 15.4. The first-order chi connectivity index (χ1) is 12.3. The molecule has 128 valence electrons. The van der Waals surface area contributed by atoms with Crippen LogP contribution in [0.5, 0.6) is 5.75 Å². The minimum atomic E-state index is -0.119. The van der Waals surface area contributed by atoms with E-state index in [2.05, 4.69) is 25.5 Å². The van der Waals surface area contributed by atoms with E-state index in [1.54, 1.807) is 12.7 Å². The van der Waals surface area contributed by atoms with Crippen molar-refractivity contribution in [2.45, 2.75) is 26.0 Å². The number of benzene rings is 1. The van der Waals surface area contributed by atoms with Crippen molar-refractivity contribution in [3.05, 3.63) is 64.1 Å². The predicted octanol–water partition coefficient (Wildman–Crippen LogP) is 1.35. The lowest BCUT2D eigenvalue weighted by atomic mass is 10.1. The summed E-state index contributed by atoms with van der Waals surface area (Å²) >= 11 is 0. The van der Waals surface area contributed by atoms with E-state index in [0.717, 1.165) is 24.3 Å². The number of fused-ring (bicyclic) bond motifs is 2. The molecule has 0 fully saturated rings. The van der Waals surface area contributed by atoms with Crippen molar-refractivity contribution in [2.75, 3.05) is 11.9 Å². The molecule has 0 saturated carbocycles. The van der Waals surface area contributed by atoms with Gasteiger partial charge in [0.1, 0.15) is 25.0 Å². The van der Waals surface area contributed by atoms with Crippen molar-refractivity contribution < 1.29 is 4.74 Å². The summed E-state index contributed by atoms with van der Waals surface area (Å²) in [5, 5.41) is 10.7. The highest BCUT2D eigenvalue weighted by molar-refractivity contribution is 5.41. The molecule has 3 aromatic rings. The maximum atomic E-state index is 12.5. The number of hydrogen-bond donors (Lipinski definition) is 2. The topological polar surface area (TPSA) is 97.7 Å². The number of aromatic nitrogens is 5. The van der Waals surface area contributed by atoms with Crippen molar-refractivity contribution in [1.82, 2.24) is 24.7 Å². The van der Waals surface area contributed by atoms with Crippen LogP contribution in [0.15, 0.2) is 41.7 Å². The van der Waals surface area contributed by atoms with Gasteiger partial charge in [-0.15, -0.1) is 10.2 Å². The van der Waals surface area contributed by atoms with Gasteiger partial charge in [0, 0.05) is 25.1 Å². The first-order valence-electron chi connectivity index (χ1n) is 8.18. The number of hydrogen-bond acceptors (Lipinski definition) is 6. The third-order valence-electron chi connectivity index (χ3n) is 4.16. The lowest BCUT2D eigenvalue weighted by Gasteiger charge is -2.09. The van der Waals surface area contributed by atoms with Gasteiger partial charge in [0.2, 0.25) is 5.95 Å². The fourth-order valence-corrected chi connectivity index (χ4v) is 2.86. The van der Waals surface area contributed by atoms with E-state index >= 15 is 0 Å². The molecule has 3 heterocycles. The Hall–Kier alpha value is -3.16. The van der Waals surface area contributed by atoms with Crippen LogP contribution >= 0.6 is 0 Å². The second-order valence-electron chi connectivity index (χ2n) is 5.89. The number of aryl methyl sites for hydroxylation is 1. The van der Waals surface area contributed by atoms with E-state index in [9.17, 15) is 4.79 Å². The van der Waals surface area contributed by atoms with Crippen LogP contribution < -0.4 is 15.6 Å². The molecule has 1 aliphatic heterocycles. The van der Waals surface area contributed by atoms with Gasteiger partial charge >= 0.3 is 0 Å². The second-order valence-corrected chi connectivity index (χ2v) is 5.89. The average molecular weight is 338 g/mol. The maximum absolute atomic E-state index is 12.5. The molecular weight excluding hydrogens is 320 g/mol. The second kappa shape index (κ2) is 6.76. The van der Waals surface area contributed by atoms with Gasteiger partial charge in [-0.05, 0) is 18.1 Å². The Balaban J connectivity index is 1.46. The molecule has 0 spiro atoms. The van der Waals surface area contributed by atoms with E-state index in [1.165, 1.54) is 0 Å². The number of nitrogens with one attached hydrogen (secondary N) is 2. The number of nitrogens with zero attached hydrogens (tertiary/aromatic N) is 4. The lowest BCUT2D eigenvalue weighted by Crippen LogP contribution is -2.21. The highest BCUT2D eigenvalue weighted by Crippen LogP contribution is 2.25. The van der Waals surface area contributed by atoms with Crippen molar-refractivity contribution in [3.8, 4) is 5.75 Å². The summed E-state index contributed by atoms with van der Waals surface area (Å²) in [6.07, 6.45) is 4.75. The monoisotopic (exact) mass is 338 g/mol. The molecule has 0 radical (unpaired) electrons. The Kier molecular flexibility index (Phi) is 4.16. The quantitative estimate of drug-likeness (QED) is 0.682. The molecule has 2 aromatic heterocycles. The van der Waals surface area contributed by atoms with Crippen LogP contribution in [0.25, 0.3) is 0 Å². The molecule has 8 nitrogen and oxygen atoms in total. The summed E-state index contributed by atoms with van der Waals surface area (Å²) < 4.78 is 7.70. The van der Waals surface area contributed by atoms with Crippen LogP contribution in [0.3, 0.4) is 0 Å². The van der Waals surface area contributed by atoms with Crippen molar-refractivity contribution in [2.24, 2.45) is 0 Å². The molecule has 0 unspecified atom stereocenters. The van der Waals surface area contributed by atoms with E-state index in [0.29, 0.717) is 36.8 Å². The molecule has 2 N–H and O–H groups in total. The molecule has 0 atom stereocenters. The minimum Gasteiger partial charge on any atom is -0.487 e. The number of rotatable bonds is 5. The molecule has 25 heavy (non-hydrogen) atoms. The van der Waals surface area contributed by atoms with E-state index in [4.69, 9.17) is 4.74 Å². The summed E-state index contributed by atoms with van der Waals surface area (Å²) in [6, 6.07) is 7.76. The molecule has 1 aliphatic rings. The van der Waals surface area contributed by atoms with Crippen molar-refractivity contribution in [1.29, 1.82) is 0 Å². The van der Waals surface area contributed by atoms with Gasteiger partial charge in [0.05, 0.1) is 5.69 Å². The fraction of sp³-hybridized carbons (Fsp3) is 0.294. The van der Waals surface area contributed by atoms with Crippen molar-refractivity contribution in [3.63, 3.8) is 0 Å². The Bertz CT molecular complexity index is 919. The van der Waals surface area contributed by atoms with Crippen LogP contribution in [-0.4, -0.2) is 31.3 Å². The summed E-state index contributed by atoms with van der Waals surface area (Å²) in [5.74, 6) is 1.28. The third-order valence-corrected chi connectivity index (χ3v) is 4.16.